The first kappa shape index (κ1) is 17.4. The highest BCUT2D eigenvalue weighted by atomic mass is 16.5. The summed E-state index contributed by atoms with van der Waals surface area (Å²) in [6.45, 7) is 5.41. The number of hydrogen-bond acceptors (Lipinski definition) is 5. The highest BCUT2D eigenvalue weighted by Gasteiger charge is 2.26. The molecule has 0 rings (SSSR count). The second-order valence-electron chi connectivity index (χ2n) is 5.00. The highest BCUT2D eigenvalue weighted by Crippen LogP contribution is 2.09. The number of nitrogens with zero attached hydrogens (tertiary/aromatic N) is 1. The first-order chi connectivity index (χ1) is 8.81. The minimum atomic E-state index is -1.16. The Morgan fingerprint density at radius 2 is 1.89 bits per heavy atom. The van der Waals surface area contributed by atoms with Crippen LogP contribution < -0.4 is 5.32 Å². The molecule has 0 bridgehead atoms. The van der Waals surface area contributed by atoms with Crippen LogP contribution in [0.1, 0.15) is 33.6 Å². The van der Waals surface area contributed by atoms with Crippen LogP contribution in [0.25, 0.3) is 0 Å². The average Bonchev–Trinajstić information content (AvgIpc) is 2.35. The van der Waals surface area contributed by atoms with E-state index in [9.17, 15) is 14.7 Å². The predicted molar refractivity (Wildman–Crippen MR) is 68.8 cm³/mol. The van der Waals surface area contributed by atoms with E-state index in [2.05, 4.69) is 10.1 Å². The molecule has 0 saturated heterocycles. The molecular weight excluding hydrogens is 248 g/mol. The number of carbonyl (C=O) groups excluding carboxylic acids is 2. The molecule has 3 atom stereocenters. The van der Waals surface area contributed by atoms with Gasteiger partial charge in [0.1, 0.15) is 12.1 Å². The molecule has 6 heteroatoms. The van der Waals surface area contributed by atoms with Gasteiger partial charge in [-0.15, -0.1) is 0 Å². The van der Waals surface area contributed by atoms with Crippen molar-refractivity contribution < 1.29 is 19.4 Å². The Kier molecular flexibility index (Phi) is 7.77. The van der Waals surface area contributed by atoms with E-state index in [-0.39, 0.29) is 12.3 Å². The third-order valence-electron chi connectivity index (χ3n) is 2.61. The number of carbonyl (C=O) groups is 2. The molecule has 0 aromatic heterocycles. The number of rotatable bonds is 7. The Labute approximate surface area is 113 Å². The maximum Gasteiger partial charge on any atom is 0.328 e. The van der Waals surface area contributed by atoms with Crippen LogP contribution in [-0.4, -0.2) is 36.2 Å². The quantitative estimate of drug-likeness (QED) is 0.660. The Morgan fingerprint density at radius 1 is 1.32 bits per heavy atom. The number of ether oxygens (including phenoxy) is 1. The van der Waals surface area contributed by atoms with E-state index < -0.39 is 29.9 Å². The van der Waals surface area contributed by atoms with Crippen molar-refractivity contribution in [3.8, 4) is 6.07 Å². The zero-order chi connectivity index (χ0) is 15.0. The van der Waals surface area contributed by atoms with E-state index in [0.717, 1.165) is 0 Å². The Bertz CT molecular complexity index is 349. The number of aliphatic hydroxyl groups is 1. The van der Waals surface area contributed by atoms with Crippen LogP contribution >= 0.6 is 0 Å². The molecule has 108 valence electrons. The van der Waals surface area contributed by atoms with Gasteiger partial charge in [-0.2, -0.15) is 5.26 Å². The lowest BCUT2D eigenvalue weighted by molar-refractivity contribution is -0.146. The van der Waals surface area contributed by atoms with Crippen LogP contribution in [-0.2, 0) is 14.3 Å². The average molecular weight is 270 g/mol. The zero-order valence-electron chi connectivity index (χ0n) is 11.8. The number of nitriles is 1. The minimum Gasteiger partial charge on any atom is -0.467 e. The third-order valence-corrected chi connectivity index (χ3v) is 2.61. The van der Waals surface area contributed by atoms with Crippen molar-refractivity contribution in [2.75, 3.05) is 7.11 Å². The molecule has 0 aromatic carbocycles. The van der Waals surface area contributed by atoms with Crippen molar-refractivity contribution in [2.24, 2.45) is 11.8 Å². The van der Waals surface area contributed by atoms with E-state index in [1.54, 1.807) is 6.92 Å². The number of aliphatic hydroxyl groups excluding tert-OH is 1. The van der Waals surface area contributed by atoms with Gasteiger partial charge in [0.15, 0.2) is 0 Å². The monoisotopic (exact) mass is 270 g/mol. The van der Waals surface area contributed by atoms with Crippen molar-refractivity contribution in [3.63, 3.8) is 0 Å². The molecule has 19 heavy (non-hydrogen) atoms. The van der Waals surface area contributed by atoms with Crippen LogP contribution in [0.3, 0.4) is 0 Å². The number of hydrogen-bond donors (Lipinski definition) is 2. The lowest BCUT2D eigenvalue weighted by atomic mass is 10.0. The van der Waals surface area contributed by atoms with Crippen LogP contribution in [0.2, 0.25) is 0 Å². The minimum absolute atomic E-state index is 0.156. The molecule has 2 N–H and O–H groups in total. The Morgan fingerprint density at radius 3 is 2.32 bits per heavy atom. The SMILES string of the molecule is COC(=O)[C@H](C[C@H](C)C#N)NC(=O)[C@@H](O)CC(C)C. The summed E-state index contributed by atoms with van der Waals surface area (Å²) >= 11 is 0. The molecule has 6 nitrogen and oxygen atoms in total. The second-order valence-corrected chi connectivity index (χ2v) is 5.00. The number of amides is 1. The van der Waals surface area contributed by atoms with Gasteiger partial charge in [-0.1, -0.05) is 13.8 Å². The first-order valence-corrected chi connectivity index (χ1v) is 6.27. The van der Waals surface area contributed by atoms with Gasteiger partial charge in [-0.3, -0.25) is 4.79 Å². The Hall–Kier alpha value is -1.61. The van der Waals surface area contributed by atoms with E-state index in [1.165, 1.54) is 7.11 Å². The topological polar surface area (TPSA) is 99.4 Å². The molecule has 0 heterocycles. The summed E-state index contributed by atoms with van der Waals surface area (Å²) in [6.07, 6.45) is -0.693. The second kappa shape index (κ2) is 8.48. The van der Waals surface area contributed by atoms with Crippen molar-refractivity contribution >= 4 is 11.9 Å². The van der Waals surface area contributed by atoms with E-state index >= 15 is 0 Å². The molecule has 0 unspecified atom stereocenters. The van der Waals surface area contributed by atoms with Gasteiger partial charge in [0.2, 0.25) is 5.91 Å². The maximum atomic E-state index is 11.7. The molecular formula is C13H22N2O4. The van der Waals surface area contributed by atoms with Crippen molar-refractivity contribution in [3.05, 3.63) is 0 Å². The van der Waals surface area contributed by atoms with E-state index in [4.69, 9.17) is 5.26 Å². The van der Waals surface area contributed by atoms with Crippen LogP contribution in [0.5, 0.6) is 0 Å². The standard InChI is InChI=1S/C13H22N2O4/c1-8(2)5-11(16)12(17)15-10(13(18)19-4)6-9(3)7-14/h8-11,16H,5-6H2,1-4H3,(H,15,17)/t9-,10-,11-/m0/s1. The summed E-state index contributed by atoms with van der Waals surface area (Å²) in [6, 6.07) is 1.08. The van der Waals surface area contributed by atoms with Crippen LogP contribution in [0.15, 0.2) is 0 Å². The number of methoxy groups -OCH3 is 1. The predicted octanol–water partition coefficient (Wildman–Crippen LogP) is 0.601. The van der Waals surface area contributed by atoms with Gasteiger partial charge in [0, 0.05) is 5.92 Å². The summed E-state index contributed by atoms with van der Waals surface area (Å²) in [5.74, 6) is -1.47. The molecule has 0 radical (unpaired) electrons. The molecule has 0 aromatic rings. The molecule has 0 aliphatic heterocycles. The molecule has 0 aliphatic carbocycles. The lowest BCUT2D eigenvalue weighted by Gasteiger charge is -2.20. The fourth-order valence-corrected chi connectivity index (χ4v) is 1.58. The van der Waals surface area contributed by atoms with Crippen LogP contribution in [0, 0.1) is 23.2 Å². The zero-order valence-corrected chi connectivity index (χ0v) is 11.8. The van der Waals surface area contributed by atoms with Crippen molar-refractivity contribution in [1.82, 2.24) is 5.32 Å². The summed E-state index contributed by atoms with van der Waals surface area (Å²) in [5, 5.41) is 20.8. The number of nitrogens with one attached hydrogen (secondary N) is 1. The Balaban J connectivity index is 4.60. The summed E-state index contributed by atoms with van der Waals surface area (Å²) in [4.78, 5) is 23.2. The van der Waals surface area contributed by atoms with Gasteiger partial charge in [-0.25, -0.2) is 4.79 Å². The van der Waals surface area contributed by atoms with Gasteiger partial charge < -0.3 is 15.2 Å². The highest BCUT2D eigenvalue weighted by molar-refractivity contribution is 5.86. The lowest BCUT2D eigenvalue weighted by Crippen LogP contribution is -2.46. The van der Waals surface area contributed by atoms with E-state index in [1.807, 2.05) is 19.9 Å². The molecule has 0 aliphatic rings. The fourth-order valence-electron chi connectivity index (χ4n) is 1.58. The fraction of sp³-hybridized carbons (Fsp3) is 0.769. The summed E-state index contributed by atoms with van der Waals surface area (Å²) < 4.78 is 4.57. The van der Waals surface area contributed by atoms with Gasteiger partial charge >= 0.3 is 5.97 Å². The van der Waals surface area contributed by atoms with Crippen LogP contribution in [0.4, 0.5) is 0 Å². The van der Waals surface area contributed by atoms with Gasteiger partial charge in [0.05, 0.1) is 13.2 Å². The third kappa shape index (κ3) is 6.77. The van der Waals surface area contributed by atoms with Gasteiger partial charge in [-0.05, 0) is 25.7 Å². The van der Waals surface area contributed by atoms with Crippen molar-refractivity contribution in [1.29, 1.82) is 5.26 Å². The summed E-state index contributed by atoms with van der Waals surface area (Å²) in [5.41, 5.74) is 0. The van der Waals surface area contributed by atoms with Crippen molar-refractivity contribution in [2.45, 2.75) is 45.8 Å². The van der Waals surface area contributed by atoms with Gasteiger partial charge in [0.25, 0.3) is 0 Å². The first-order valence-electron chi connectivity index (χ1n) is 6.27. The largest absolute Gasteiger partial charge is 0.467 e. The molecule has 0 saturated carbocycles. The smallest absolute Gasteiger partial charge is 0.328 e. The summed E-state index contributed by atoms with van der Waals surface area (Å²) in [7, 11) is 1.21. The molecule has 0 fully saturated rings. The maximum absolute atomic E-state index is 11.7. The normalized spacial score (nSPS) is 15.2. The number of esters is 1. The molecule has 0 spiro atoms. The van der Waals surface area contributed by atoms with E-state index in [0.29, 0.717) is 6.42 Å². The molecule has 1 amide bonds.